The van der Waals surface area contributed by atoms with Crippen LogP contribution in [0, 0.1) is 5.92 Å². The van der Waals surface area contributed by atoms with E-state index in [2.05, 4.69) is 5.32 Å². The molecule has 0 unspecified atom stereocenters. The molecule has 0 aliphatic carbocycles. The minimum atomic E-state index is -1.83. The fraction of sp³-hybridized carbons (Fsp3) is 0.385. The molecule has 20 heavy (non-hydrogen) atoms. The molecular weight excluding hydrogens is 325 g/mol. The molecule has 0 radical (unpaired) electrons. The summed E-state index contributed by atoms with van der Waals surface area (Å²) in [5.41, 5.74) is 0.494. The molecule has 1 aromatic carbocycles. The maximum Gasteiger partial charge on any atom is 0.246 e. The minimum Gasteiger partial charge on any atom is -0.466 e. The molecule has 0 spiro atoms. The van der Waals surface area contributed by atoms with E-state index >= 15 is 0 Å². The van der Waals surface area contributed by atoms with Crippen LogP contribution in [-0.4, -0.2) is 22.2 Å². The van der Waals surface area contributed by atoms with Gasteiger partial charge in [0.15, 0.2) is 0 Å². The molecule has 0 saturated heterocycles. The number of benzene rings is 1. The Morgan fingerprint density at radius 3 is 2.20 bits per heavy atom. The summed E-state index contributed by atoms with van der Waals surface area (Å²) >= 11 is 17.4. The number of nitrogens with one attached hydrogen (secondary N) is 1. The molecule has 1 aromatic rings. The highest BCUT2D eigenvalue weighted by Gasteiger charge is 2.36. The molecule has 110 valence electrons. The normalized spacial score (nSPS) is 12.9. The predicted octanol–water partition coefficient (Wildman–Crippen LogP) is 3.35. The first-order valence-electron chi connectivity index (χ1n) is 5.83. The van der Waals surface area contributed by atoms with E-state index in [1.807, 2.05) is 0 Å². The first-order valence-corrected chi connectivity index (χ1v) is 6.96. The largest absolute Gasteiger partial charge is 0.466 e. The molecule has 1 N–H and O–H groups in total. The number of halogens is 3. The van der Waals surface area contributed by atoms with Crippen molar-refractivity contribution in [2.45, 2.75) is 23.9 Å². The Morgan fingerprint density at radius 2 is 1.80 bits per heavy atom. The second-order valence-electron chi connectivity index (χ2n) is 4.39. The Hall–Kier alpha value is -0.970. The molecule has 7 heteroatoms. The van der Waals surface area contributed by atoms with Gasteiger partial charge in [0.2, 0.25) is 15.9 Å². The molecule has 0 aromatic heterocycles. The van der Waals surface area contributed by atoms with Crippen molar-refractivity contribution in [2.75, 3.05) is 0 Å². The number of rotatable bonds is 5. The molecular formula is C13H14Cl3NO3. The topological polar surface area (TPSA) is 55.4 Å². The fourth-order valence-electron chi connectivity index (χ4n) is 1.24. The zero-order valence-corrected chi connectivity index (χ0v) is 13.2. The zero-order valence-electron chi connectivity index (χ0n) is 10.9. The van der Waals surface area contributed by atoms with E-state index in [1.165, 1.54) is 0 Å². The van der Waals surface area contributed by atoms with Crippen molar-refractivity contribution in [2.24, 2.45) is 5.92 Å². The fourth-order valence-corrected chi connectivity index (χ4v) is 1.53. The van der Waals surface area contributed by atoms with Crippen LogP contribution >= 0.6 is 34.8 Å². The first-order chi connectivity index (χ1) is 9.24. The van der Waals surface area contributed by atoms with Crippen LogP contribution in [0.1, 0.15) is 24.2 Å². The average molecular weight is 339 g/mol. The van der Waals surface area contributed by atoms with Crippen LogP contribution in [0.2, 0.25) is 0 Å². The number of carbonyl (C=O) groups is 2. The van der Waals surface area contributed by atoms with E-state index in [-0.39, 0.29) is 11.8 Å². The Kier molecular flexibility index (Phi) is 6.11. The average Bonchev–Trinajstić information content (AvgIpc) is 2.37. The summed E-state index contributed by atoms with van der Waals surface area (Å²) in [6, 6.07) is 6.22. The van der Waals surface area contributed by atoms with E-state index in [0.29, 0.717) is 17.6 Å². The molecule has 0 bridgehead atoms. The van der Waals surface area contributed by atoms with Gasteiger partial charge in [-0.2, -0.15) is 0 Å². The summed E-state index contributed by atoms with van der Waals surface area (Å²) in [7, 11) is 0. The van der Waals surface area contributed by atoms with Crippen LogP contribution in [0.5, 0.6) is 5.75 Å². The van der Waals surface area contributed by atoms with Gasteiger partial charge >= 0.3 is 0 Å². The molecule has 1 atom stereocenters. The molecule has 0 fully saturated rings. The molecule has 1 amide bonds. The molecule has 4 nitrogen and oxygen atoms in total. The van der Waals surface area contributed by atoms with Gasteiger partial charge in [0.25, 0.3) is 0 Å². The zero-order chi connectivity index (χ0) is 15.3. The lowest BCUT2D eigenvalue weighted by atomic mass is 10.2. The lowest BCUT2D eigenvalue weighted by Gasteiger charge is -2.27. The SMILES string of the molecule is CC(C)C(=O)N[C@H](Oc1ccc(C=O)cc1)C(Cl)(Cl)Cl. The summed E-state index contributed by atoms with van der Waals surface area (Å²) < 4.78 is 3.63. The number of aldehydes is 1. The third kappa shape index (κ3) is 5.19. The molecule has 1 rings (SSSR count). The highest BCUT2D eigenvalue weighted by atomic mass is 35.6. The monoisotopic (exact) mass is 337 g/mol. The lowest BCUT2D eigenvalue weighted by Crippen LogP contribution is -2.49. The lowest BCUT2D eigenvalue weighted by molar-refractivity contribution is -0.126. The highest BCUT2D eigenvalue weighted by Crippen LogP contribution is 2.32. The Labute approximate surface area is 132 Å². The number of alkyl halides is 3. The predicted molar refractivity (Wildman–Crippen MR) is 79.5 cm³/mol. The van der Waals surface area contributed by atoms with Crippen LogP contribution in [0.25, 0.3) is 0 Å². The van der Waals surface area contributed by atoms with E-state index in [1.54, 1.807) is 38.1 Å². The van der Waals surface area contributed by atoms with E-state index < -0.39 is 10.0 Å². The maximum absolute atomic E-state index is 11.7. The van der Waals surface area contributed by atoms with Gasteiger partial charge in [-0.1, -0.05) is 48.7 Å². The second kappa shape index (κ2) is 7.16. The summed E-state index contributed by atoms with van der Waals surface area (Å²) in [5, 5.41) is 2.51. The van der Waals surface area contributed by atoms with Gasteiger partial charge in [-0.3, -0.25) is 9.59 Å². The van der Waals surface area contributed by atoms with Crippen molar-refractivity contribution in [3.05, 3.63) is 29.8 Å². The van der Waals surface area contributed by atoms with Crippen LogP contribution in [-0.2, 0) is 4.79 Å². The standard InChI is InChI=1S/C13H14Cl3NO3/c1-8(2)11(19)17-12(13(14,15)16)20-10-5-3-9(7-18)4-6-10/h3-8,12H,1-2H3,(H,17,19)/t12-/m1/s1. The van der Waals surface area contributed by atoms with Gasteiger partial charge in [0.1, 0.15) is 12.0 Å². The van der Waals surface area contributed by atoms with Crippen molar-refractivity contribution in [1.82, 2.24) is 5.32 Å². The maximum atomic E-state index is 11.7. The third-order valence-corrected chi connectivity index (χ3v) is 2.96. The van der Waals surface area contributed by atoms with Crippen LogP contribution < -0.4 is 10.1 Å². The van der Waals surface area contributed by atoms with E-state index in [0.717, 1.165) is 0 Å². The van der Waals surface area contributed by atoms with Gasteiger partial charge in [-0.05, 0) is 24.3 Å². The summed E-state index contributed by atoms with van der Waals surface area (Å²) in [4.78, 5) is 22.2. The van der Waals surface area contributed by atoms with Crippen LogP contribution in [0.3, 0.4) is 0 Å². The first kappa shape index (κ1) is 17.1. The number of carbonyl (C=O) groups excluding carboxylic acids is 2. The second-order valence-corrected chi connectivity index (χ2v) is 6.76. The molecule has 0 saturated carbocycles. The Balaban J connectivity index is 2.83. The Bertz CT molecular complexity index is 469. The summed E-state index contributed by atoms with van der Waals surface area (Å²) in [6.07, 6.45) is -0.430. The quantitative estimate of drug-likeness (QED) is 0.509. The summed E-state index contributed by atoms with van der Waals surface area (Å²) in [6.45, 7) is 3.42. The van der Waals surface area contributed by atoms with Crippen LogP contribution in [0.4, 0.5) is 0 Å². The number of ether oxygens (including phenoxy) is 1. The third-order valence-electron chi connectivity index (χ3n) is 2.37. The Morgan fingerprint density at radius 1 is 1.25 bits per heavy atom. The minimum absolute atomic E-state index is 0.272. The smallest absolute Gasteiger partial charge is 0.246 e. The van der Waals surface area contributed by atoms with Gasteiger partial charge < -0.3 is 10.1 Å². The van der Waals surface area contributed by atoms with Gasteiger partial charge in [-0.15, -0.1) is 0 Å². The van der Waals surface area contributed by atoms with Crippen molar-refractivity contribution in [3.63, 3.8) is 0 Å². The van der Waals surface area contributed by atoms with Gasteiger partial charge in [-0.25, -0.2) is 0 Å². The van der Waals surface area contributed by atoms with Gasteiger partial charge in [0.05, 0.1) is 0 Å². The highest BCUT2D eigenvalue weighted by molar-refractivity contribution is 6.68. The number of hydrogen-bond acceptors (Lipinski definition) is 3. The van der Waals surface area contributed by atoms with Gasteiger partial charge in [0, 0.05) is 11.5 Å². The molecule has 0 heterocycles. The van der Waals surface area contributed by atoms with E-state index in [9.17, 15) is 9.59 Å². The van der Waals surface area contributed by atoms with E-state index in [4.69, 9.17) is 39.5 Å². The summed E-state index contributed by atoms with van der Waals surface area (Å²) in [5.74, 6) is -0.201. The van der Waals surface area contributed by atoms with Crippen LogP contribution in [0.15, 0.2) is 24.3 Å². The van der Waals surface area contributed by atoms with Crippen molar-refractivity contribution >= 4 is 47.0 Å². The van der Waals surface area contributed by atoms with Crippen molar-refractivity contribution in [1.29, 1.82) is 0 Å². The number of hydrogen-bond donors (Lipinski definition) is 1. The van der Waals surface area contributed by atoms with Crippen molar-refractivity contribution in [3.8, 4) is 5.75 Å². The molecule has 0 aliphatic rings. The molecule has 0 aliphatic heterocycles. The van der Waals surface area contributed by atoms with Crippen molar-refractivity contribution < 1.29 is 14.3 Å². The number of amides is 1.